The second kappa shape index (κ2) is 4.41. The Morgan fingerprint density at radius 1 is 1.50 bits per heavy atom. The Labute approximate surface area is 112 Å². The number of carboxylic acids is 1. The molecule has 2 unspecified atom stereocenters. The van der Waals surface area contributed by atoms with Gasteiger partial charge in [-0.05, 0) is 6.42 Å². The third-order valence-electron chi connectivity index (χ3n) is 3.18. The van der Waals surface area contributed by atoms with Crippen molar-refractivity contribution >= 4 is 11.7 Å². The molecule has 0 amide bonds. The van der Waals surface area contributed by atoms with Crippen molar-refractivity contribution < 1.29 is 19.3 Å². The number of aliphatic carboxylic acids is 1. The molecule has 3 rings (SSSR count). The van der Waals surface area contributed by atoms with E-state index in [9.17, 15) is 14.9 Å². The number of benzene rings is 1. The maximum absolute atomic E-state index is 10.8. The smallest absolute Gasteiger partial charge is 0.307 e. The van der Waals surface area contributed by atoms with Crippen LogP contribution in [-0.2, 0) is 4.79 Å². The van der Waals surface area contributed by atoms with Gasteiger partial charge in [-0.1, -0.05) is 17.3 Å². The fourth-order valence-electron chi connectivity index (χ4n) is 2.00. The summed E-state index contributed by atoms with van der Waals surface area (Å²) in [6, 6.07) is 5.87. The lowest BCUT2D eigenvalue weighted by Crippen LogP contribution is -1.98. The van der Waals surface area contributed by atoms with Crippen LogP contribution in [-0.4, -0.2) is 26.1 Å². The van der Waals surface area contributed by atoms with E-state index in [-0.39, 0.29) is 23.3 Å². The first-order valence-corrected chi connectivity index (χ1v) is 5.87. The lowest BCUT2D eigenvalue weighted by molar-refractivity contribution is -0.384. The van der Waals surface area contributed by atoms with Crippen molar-refractivity contribution in [3.05, 3.63) is 40.3 Å². The van der Waals surface area contributed by atoms with Gasteiger partial charge < -0.3 is 9.63 Å². The number of non-ortho nitro benzene ring substituents is 1. The van der Waals surface area contributed by atoms with Gasteiger partial charge in [-0.2, -0.15) is 4.98 Å². The van der Waals surface area contributed by atoms with E-state index in [0.29, 0.717) is 12.0 Å². The summed E-state index contributed by atoms with van der Waals surface area (Å²) in [5.74, 6) is -1.13. The molecule has 8 nitrogen and oxygen atoms in total. The average molecular weight is 275 g/mol. The summed E-state index contributed by atoms with van der Waals surface area (Å²) in [7, 11) is 0. The molecular weight excluding hydrogens is 266 g/mol. The van der Waals surface area contributed by atoms with Gasteiger partial charge >= 0.3 is 5.97 Å². The third kappa shape index (κ3) is 2.11. The number of hydrogen-bond acceptors (Lipinski definition) is 6. The minimum atomic E-state index is -0.884. The van der Waals surface area contributed by atoms with Crippen LogP contribution in [0.3, 0.4) is 0 Å². The summed E-state index contributed by atoms with van der Waals surface area (Å²) in [6.45, 7) is 0. The quantitative estimate of drug-likeness (QED) is 0.667. The molecule has 0 radical (unpaired) electrons. The number of carbonyl (C=O) groups is 1. The summed E-state index contributed by atoms with van der Waals surface area (Å²) in [6.07, 6.45) is 0.478. The minimum Gasteiger partial charge on any atom is -0.481 e. The van der Waals surface area contributed by atoms with Crippen LogP contribution in [0.5, 0.6) is 0 Å². The molecule has 102 valence electrons. The first-order valence-electron chi connectivity index (χ1n) is 5.87. The Bertz CT molecular complexity index is 696. The van der Waals surface area contributed by atoms with E-state index in [1.165, 1.54) is 18.2 Å². The third-order valence-corrected chi connectivity index (χ3v) is 3.18. The molecule has 2 aromatic rings. The Balaban J connectivity index is 1.85. The van der Waals surface area contributed by atoms with Crippen molar-refractivity contribution in [1.29, 1.82) is 0 Å². The van der Waals surface area contributed by atoms with Gasteiger partial charge in [0.2, 0.25) is 11.7 Å². The molecule has 1 aromatic heterocycles. The predicted octanol–water partition coefficient (Wildman–Crippen LogP) is 1.83. The maximum atomic E-state index is 10.8. The number of carboxylic acid groups (broad SMARTS) is 1. The second-order valence-corrected chi connectivity index (χ2v) is 4.55. The molecule has 1 heterocycles. The number of aromatic nitrogens is 2. The molecule has 1 aliphatic carbocycles. The Morgan fingerprint density at radius 3 is 2.95 bits per heavy atom. The second-order valence-electron chi connectivity index (χ2n) is 4.55. The first-order chi connectivity index (χ1) is 9.56. The van der Waals surface area contributed by atoms with E-state index >= 15 is 0 Å². The summed E-state index contributed by atoms with van der Waals surface area (Å²) < 4.78 is 5.03. The largest absolute Gasteiger partial charge is 0.481 e. The van der Waals surface area contributed by atoms with E-state index < -0.39 is 16.8 Å². The first kappa shape index (κ1) is 12.3. The van der Waals surface area contributed by atoms with Gasteiger partial charge in [0.05, 0.1) is 16.8 Å². The molecule has 1 saturated carbocycles. The lowest BCUT2D eigenvalue weighted by Gasteiger charge is -1.94. The van der Waals surface area contributed by atoms with Crippen molar-refractivity contribution in [2.45, 2.75) is 12.3 Å². The zero-order valence-electron chi connectivity index (χ0n) is 10.1. The van der Waals surface area contributed by atoms with Crippen molar-refractivity contribution in [3.8, 4) is 11.4 Å². The normalized spacial score (nSPS) is 20.6. The highest BCUT2D eigenvalue weighted by molar-refractivity contribution is 5.74. The molecule has 1 aromatic carbocycles. The molecule has 20 heavy (non-hydrogen) atoms. The number of nitrogens with zero attached hydrogens (tertiary/aromatic N) is 3. The number of hydrogen-bond donors (Lipinski definition) is 1. The summed E-state index contributed by atoms with van der Waals surface area (Å²) in [5.41, 5.74) is 0.394. The highest BCUT2D eigenvalue weighted by Crippen LogP contribution is 2.47. The number of nitro benzene ring substituents is 1. The monoisotopic (exact) mass is 275 g/mol. The lowest BCUT2D eigenvalue weighted by atomic mass is 10.2. The van der Waals surface area contributed by atoms with Gasteiger partial charge in [-0.25, -0.2) is 0 Å². The highest BCUT2D eigenvalue weighted by Gasteiger charge is 2.48. The van der Waals surface area contributed by atoms with Crippen LogP contribution in [0.15, 0.2) is 28.8 Å². The number of rotatable bonds is 4. The van der Waals surface area contributed by atoms with Crippen LogP contribution >= 0.6 is 0 Å². The zero-order chi connectivity index (χ0) is 14.3. The summed E-state index contributed by atoms with van der Waals surface area (Å²) in [5, 5.41) is 23.3. The molecular formula is C12H9N3O5. The Hall–Kier alpha value is -2.77. The van der Waals surface area contributed by atoms with E-state index in [1.54, 1.807) is 6.07 Å². The molecule has 0 saturated heterocycles. The summed E-state index contributed by atoms with van der Waals surface area (Å²) >= 11 is 0. The minimum absolute atomic E-state index is 0.0660. The summed E-state index contributed by atoms with van der Waals surface area (Å²) in [4.78, 5) is 25.1. The molecule has 0 spiro atoms. The van der Waals surface area contributed by atoms with Crippen molar-refractivity contribution in [2.75, 3.05) is 0 Å². The van der Waals surface area contributed by atoms with Gasteiger partial charge in [0.25, 0.3) is 5.69 Å². The van der Waals surface area contributed by atoms with Gasteiger partial charge in [-0.3, -0.25) is 14.9 Å². The number of nitro groups is 1. The fraction of sp³-hybridized carbons (Fsp3) is 0.250. The highest BCUT2D eigenvalue weighted by atomic mass is 16.6. The van der Waals surface area contributed by atoms with E-state index in [2.05, 4.69) is 10.1 Å². The topological polar surface area (TPSA) is 119 Å². The van der Waals surface area contributed by atoms with E-state index in [1.807, 2.05) is 0 Å². The maximum Gasteiger partial charge on any atom is 0.307 e. The standard InChI is InChI=1S/C12H9N3O5/c16-12(17)9-5-8(9)11-13-10(14-20-11)6-2-1-3-7(4-6)15(18)19/h1-4,8-9H,5H2,(H,16,17). The average Bonchev–Trinajstić information content (AvgIpc) is 3.09. The Morgan fingerprint density at radius 2 is 2.30 bits per heavy atom. The van der Waals surface area contributed by atoms with Crippen LogP contribution in [0, 0.1) is 16.0 Å². The van der Waals surface area contributed by atoms with Crippen LogP contribution in [0.4, 0.5) is 5.69 Å². The molecule has 2 atom stereocenters. The predicted molar refractivity (Wildman–Crippen MR) is 64.9 cm³/mol. The molecule has 8 heteroatoms. The molecule has 1 N–H and O–H groups in total. The van der Waals surface area contributed by atoms with E-state index in [4.69, 9.17) is 9.63 Å². The molecule has 0 bridgehead atoms. The van der Waals surface area contributed by atoms with Gasteiger partial charge in [0.15, 0.2) is 0 Å². The molecule has 1 fully saturated rings. The molecule has 0 aliphatic heterocycles. The van der Waals surface area contributed by atoms with E-state index in [0.717, 1.165) is 0 Å². The van der Waals surface area contributed by atoms with Crippen LogP contribution in [0.2, 0.25) is 0 Å². The van der Waals surface area contributed by atoms with Crippen molar-refractivity contribution in [3.63, 3.8) is 0 Å². The zero-order valence-corrected chi connectivity index (χ0v) is 10.1. The fourth-order valence-corrected chi connectivity index (χ4v) is 2.00. The molecule has 1 aliphatic rings. The SMILES string of the molecule is O=C(O)C1CC1c1nc(-c2cccc([N+](=O)[O-])c2)no1. The van der Waals surface area contributed by atoms with Gasteiger partial charge in [0, 0.05) is 17.7 Å². The van der Waals surface area contributed by atoms with Gasteiger partial charge in [-0.15, -0.1) is 0 Å². The Kier molecular flexibility index (Phi) is 2.70. The van der Waals surface area contributed by atoms with Crippen LogP contribution in [0.1, 0.15) is 18.2 Å². The van der Waals surface area contributed by atoms with Crippen LogP contribution in [0.25, 0.3) is 11.4 Å². The van der Waals surface area contributed by atoms with Crippen LogP contribution < -0.4 is 0 Å². The van der Waals surface area contributed by atoms with Crippen molar-refractivity contribution in [2.24, 2.45) is 5.92 Å². The van der Waals surface area contributed by atoms with Gasteiger partial charge in [0.1, 0.15) is 0 Å². The van der Waals surface area contributed by atoms with Crippen molar-refractivity contribution in [1.82, 2.24) is 10.1 Å².